The second-order valence-corrected chi connectivity index (χ2v) is 5.46. The summed E-state index contributed by atoms with van der Waals surface area (Å²) in [7, 11) is 1.68. The van der Waals surface area contributed by atoms with E-state index in [9.17, 15) is 4.79 Å². The van der Waals surface area contributed by atoms with Crippen molar-refractivity contribution in [3.05, 3.63) is 41.7 Å². The first-order valence-electron chi connectivity index (χ1n) is 7.82. The lowest BCUT2D eigenvalue weighted by Crippen LogP contribution is -2.41. The number of furan rings is 1. The van der Waals surface area contributed by atoms with Crippen molar-refractivity contribution in [1.82, 2.24) is 21.1 Å². The summed E-state index contributed by atoms with van der Waals surface area (Å²) in [5.74, 6) is 1.74. The molecule has 3 N–H and O–H groups in total. The molecular weight excluding hydrogens is 437 g/mol. The average Bonchev–Trinajstić information content (AvgIpc) is 3.25. The van der Waals surface area contributed by atoms with Gasteiger partial charge in [-0.1, -0.05) is 19.0 Å². The van der Waals surface area contributed by atoms with Crippen LogP contribution in [0.4, 0.5) is 0 Å². The second kappa shape index (κ2) is 10.7. The Morgan fingerprint density at radius 2 is 2.04 bits per heavy atom. The zero-order valence-electron chi connectivity index (χ0n) is 14.5. The van der Waals surface area contributed by atoms with E-state index >= 15 is 0 Å². The monoisotopic (exact) mass is 461 g/mol. The zero-order valence-corrected chi connectivity index (χ0v) is 16.9. The molecule has 0 unspecified atom stereocenters. The summed E-state index contributed by atoms with van der Waals surface area (Å²) < 4.78 is 10.3. The Hall–Kier alpha value is -2.04. The van der Waals surface area contributed by atoms with Crippen LogP contribution in [0.1, 0.15) is 41.8 Å². The molecule has 25 heavy (non-hydrogen) atoms. The van der Waals surface area contributed by atoms with Gasteiger partial charge >= 0.3 is 0 Å². The van der Waals surface area contributed by atoms with E-state index in [0.29, 0.717) is 37.3 Å². The first kappa shape index (κ1) is 21.0. The lowest BCUT2D eigenvalue weighted by atomic mass is 10.1. The highest BCUT2D eigenvalue weighted by atomic mass is 127. The molecule has 0 bridgehead atoms. The Kier molecular flexibility index (Phi) is 9.03. The van der Waals surface area contributed by atoms with Crippen molar-refractivity contribution >= 4 is 35.8 Å². The molecule has 1 amide bonds. The van der Waals surface area contributed by atoms with Crippen LogP contribution in [0.25, 0.3) is 0 Å². The summed E-state index contributed by atoms with van der Waals surface area (Å²) in [6.45, 7) is 5.58. The maximum atomic E-state index is 11.7. The molecule has 138 valence electrons. The van der Waals surface area contributed by atoms with Gasteiger partial charge in [-0.2, -0.15) is 0 Å². The first-order chi connectivity index (χ1) is 11.6. The lowest BCUT2D eigenvalue weighted by molar-refractivity contribution is 0.0926. The van der Waals surface area contributed by atoms with E-state index in [1.807, 2.05) is 6.07 Å². The molecule has 0 aromatic carbocycles. The van der Waals surface area contributed by atoms with Gasteiger partial charge in [0.25, 0.3) is 5.91 Å². The molecule has 0 fully saturated rings. The van der Waals surface area contributed by atoms with Crippen LogP contribution in [-0.4, -0.2) is 37.2 Å². The quantitative estimate of drug-likeness (QED) is 0.253. The fourth-order valence-electron chi connectivity index (χ4n) is 1.93. The number of nitrogens with zero attached hydrogens (tertiary/aromatic N) is 2. The number of halogens is 1. The molecule has 0 radical (unpaired) electrons. The van der Waals surface area contributed by atoms with Crippen LogP contribution in [0.2, 0.25) is 0 Å². The fraction of sp³-hybridized carbons (Fsp3) is 0.438. The van der Waals surface area contributed by atoms with Crippen molar-refractivity contribution in [2.45, 2.75) is 26.3 Å². The standard InChI is InChI=1S/C16H23N5O3.HI/c1-11(2)13-9-12(24-21-13)10-20-16(17-3)19-7-6-18-15(22)14-5-4-8-23-14;/h4-5,8-9,11H,6-7,10H2,1-3H3,(H,18,22)(H2,17,19,20);1H. The highest BCUT2D eigenvalue weighted by molar-refractivity contribution is 14.0. The molecule has 0 spiro atoms. The third-order valence-corrected chi connectivity index (χ3v) is 3.27. The van der Waals surface area contributed by atoms with Gasteiger partial charge in [0.1, 0.15) is 0 Å². The number of nitrogens with one attached hydrogen (secondary N) is 3. The van der Waals surface area contributed by atoms with E-state index in [1.54, 1.807) is 19.2 Å². The highest BCUT2D eigenvalue weighted by Gasteiger charge is 2.09. The van der Waals surface area contributed by atoms with Gasteiger partial charge in [-0.15, -0.1) is 24.0 Å². The highest BCUT2D eigenvalue weighted by Crippen LogP contribution is 2.13. The molecule has 0 aliphatic heterocycles. The molecule has 0 saturated carbocycles. The maximum absolute atomic E-state index is 11.7. The number of guanidine groups is 1. The van der Waals surface area contributed by atoms with Crippen molar-refractivity contribution in [2.75, 3.05) is 20.1 Å². The lowest BCUT2D eigenvalue weighted by Gasteiger charge is -2.10. The van der Waals surface area contributed by atoms with Crippen LogP contribution in [0.3, 0.4) is 0 Å². The van der Waals surface area contributed by atoms with Crippen LogP contribution in [-0.2, 0) is 6.54 Å². The number of hydrogen-bond donors (Lipinski definition) is 3. The van der Waals surface area contributed by atoms with Gasteiger partial charge in [-0.25, -0.2) is 0 Å². The van der Waals surface area contributed by atoms with Crippen LogP contribution in [0, 0.1) is 0 Å². The third kappa shape index (κ3) is 6.77. The predicted molar refractivity (Wildman–Crippen MR) is 105 cm³/mol. The summed E-state index contributed by atoms with van der Waals surface area (Å²) >= 11 is 0. The minimum absolute atomic E-state index is 0. The van der Waals surface area contributed by atoms with E-state index in [2.05, 4.69) is 39.9 Å². The van der Waals surface area contributed by atoms with Crippen LogP contribution in [0.15, 0.2) is 38.4 Å². The van der Waals surface area contributed by atoms with Crippen molar-refractivity contribution in [1.29, 1.82) is 0 Å². The van der Waals surface area contributed by atoms with E-state index in [1.165, 1.54) is 6.26 Å². The summed E-state index contributed by atoms with van der Waals surface area (Å²) in [4.78, 5) is 15.8. The zero-order chi connectivity index (χ0) is 17.4. The molecule has 0 atom stereocenters. The van der Waals surface area contributed by atoms with Crippen LogP contribution in [0.5, 0.6) is 0 Å². The van der Waals surface area contributed by atoms with E-state index in [4.69, 9.17) is 8.94 Å². The Balaban J connectivity index is 0.00000312. The number of aliphatic imine (C=N–C) groups is 1. The SMILES string of the molecule is CN=C(NCCNC(=O)c1ccco1)NCc1cc(C(C)C)no1.I. The van der Waals surface area contributed by atoms with E-state index in [0.717, 1.165) is 11.5 Å². The average molecular weight is 461 g/mol. The van der Waals surface area contributed by atoms with E-state index in [-0.39, 0.29) is 29.9 Å². The summed E-state index contributed by atoms with van der Waals surface area (Å²) in [5, 5.41) is 13.0. The largest absolute Gasteiger partial charge is 0.459 e. The predicted octanol–water partition coefficient (Wildman–Crippen LogP) is 2.10. The molecule has 2 aromatic rings. The Labute approximate surface area is 163 Å². The topological polar surface area (TPSA) is 105 Å². The maximum Gasteiger partial charge on any atom is 0.287 e. The molecule has 9 heteroatoms. The van der Waals surface area contributed by atoms with Gasteiger partial charge in [-0.3, -0.25) is 9.79 Å². The van der Waals surface area contributed by atoms with Crippen molar-refractivity contribution in [2.24, 2.45) is 4.99 Å². The fourth-order valence-corrected chi connectivity index (χ4v) is 1.93. The van der Waals surface area contributed by atoms with E-state index < -0.39 is 0 Å². The van der Waals surface area contributed by atoms with Gasteiger partial charge in [0, 0.05) is 26.2 Å². The van der Waals surface area contributed by atoms with Gasteiger partial charge in [-0.05, 0) is 18.1 Å². The molecule has 0 saturated heterocycles. The molecular formula is C16H24IN5O3. The van der Waals surface area contributed by atoms with Crippen molar-refractivity contribution in [3.63, 3.8) is 0 Å². The molecule has 2 heterocycles. The smallest absolute Gasteiger partial charge is 0.287 e. The first-order valence-corrected chi connectivity index (χ1v) is 7.82. The number of amides is 1. The number of hydrogen-bond acceptors (Lipinski definition) is 5. The summed E-state index contributed by atoms with van der Waals surface area (Å²) in [5.41, 5.74) is 0.926. The number of carbonyl (C=O) groups excluding carboxylic acids is 1. The molecule has 2 aromatic heterocycles. The molecule has 8 nitrogen and oxygen atoms in total. The Morgan fingerprint density at radius 1 is 1.28 bits per heavy atom. The van der Waals surface area contributed by atoms with Crippen molar-refractivity contribution < 1.29 is 13.7 Å². The number of rotatable bonds is 7. The van der Waals surface area contributed by atoms with Gasteiger partial charge < -0.3 is 24.9 Å². The Bertz CT molecular complexity index is 667. The van der Waals surface area contributed by atoms with Gasteiger partial charge in [0.2, 0.25) is 0 Å². The van der Waals surface area contributed by atoms with Crippen LogP contribution >= 0.6 is 24.0 Å². The second-order valence-electron chi connectivity index (χ2n) is 5.46. The minimum Gasteiger partial charge on any atom is -0.459 e. The normalized spacial score (nSPS) is 11.1. The van der Waals surface area contributed by atoms with Gasteiger partial charge in [0.15, 0.2) is 17.5 Å². The third-order valence-electron chi connectivity index (χ3n) is 3.27. The van der Waals surface area contributed by atoms with Crippen molar-refractivity contribution in [3.8, 4) is 0 Å². The number of aromatic nitrogens is 1. The number of carbonyl (C=O) groups is 1. The van der Waals surface area contributed by atoms with Gasteiger partial charge in [0.05, 0.1) is 18.5 Å². The molecule has 0 aliphatic rings. The summed E-state index contributed by atoms with van der Waals surface area (Å²) in [6.07, 6.45) is 1.47. The minimum atomic E-state index is -0.243. The van der Waals surface area contributed by atoms with Crippen LogP contribution < -0.4 is 16.0 Å². The summed E-state index contributed by atoms with van der Waals surface area (Å²) in [6, 6.07) is 5.22. The molecule has 2 rings (SSSR count). The molecule has 0 aliphatic carbocycles. The Morgan fingerprint density at radius 3 is 2.64 bits per heavy atom.